The van der Waals surface area contributed by atoms with Crippen molar-refractivity contribution >= 4 is 12.0 Å². The molecule has 0 unspecified atom stereocenters. The summed E-state index contributed by atoms with van der Waals surface area (Å²) in [7, 11) is 0. The summed E-state index contributed by atoms with van der Waals surface area (Å²) >= 11 is 0. The second-order valence-corrected chi connectivity index (χ2v) is 12.8. The Morgan fingerprint density at radius 1 is 1.07 bits per heavy atom. The molecule has 3 aliphatic heterocycles. The summed E-state index contributed by atoms with van der Waals surface area (Å²) in [6.07, 6.45) is -3.31. The van der Waals surface area contributed by atoms with Crippen LogP contribution < -0.4 is 0 Å². The van der Waals surface area contributed by atoms with E-state index in [0.29, 0.717) is 26.1 Å². The highest BCUT2D eigenvalue weighted by molar-refractivity contribution is 5.86. The number of halogens is 3. The first kappa shape index (κ1) is 29.1. The number of aliphatic hydroxyl groups excluding tert-OH is 1. The fourth-order valence-corrected chi connectivity index (χ4v) is 6.51. The third-order valence-electron chi connectivity index (χ3n) is 9.19. The van der Waals surface area contributed by atoms with Gasteiger partial charge in [-0.1, -0.05) is 11.6 Å². The van der Waals surface area contributed by atoms with E-state index in [0.717, 1.165) is 19.3 Å². The molecule has 1 aliphatic carbocycles. The summed E-state index contributed by atoms with van der Waals surface area (Å²) in [5.41, 5.74) is -3.61. The van der Waals surface area contributed by atoms with Gasteiger partial charge in [0.1, 0.15) is 17.1 Å². The van der Waals surface area contributed by atoms with Gasteiger partial charge in [0.25, 0.3) is 0 Å². The number of carbonyl (C=O) groups is 2. The van der Waals surface area contributed by atoms with Crippen LogP contribution in [0.1, 0.15) is 89.8 Å². The largest absolute Gasteiger partial charge is 0.444 e. The van der Waals surface area contributed by atoms with E-state index < -0.39 is 65.4 Å². The van der Waals surface area contributed by atoms with Crippen molar-refractivity contribution in [2.24, 2.45) is 5.41 Å². The smallest absolute Gasteiger partial charge is 0.410 e. The van der Waals surface area contributed by atoms with Gasteiger partial charge in [-0.05, 0) is 59.3 Å². The van der Waals surface area contributed by atoms with Crippen LogP contribution in [0.15, 0.2) is 4.52 Å². The molecule has 1 aromatic heterocycles. The van der Waals surface area contributed by atoms with E-state index in [1.165, 1.54) is 9.80 Å². The van der Waals surface area contributed by atoms with Crippen LogP contribution in [0.5, 0.6) is 0 Å². The van der Waals surface area contributed by atoms with Gasteiger partial charge in [0.2, 0.25) is 11.8 Å². The first-order valence-electron chi connectivity index (χ1n) is 14.2. The number of alkyl halides is 3. The van der Waals surface area contributed by atoms with Crippen molar-refractivity contribution in [3.63, 3.8) is 0 Å². The van der Waals surface area contributed by atoms with Gasteiger partial charge in [-0.15, -0.1) is 0 Å². The molecular formula is C27H39F3N4O6. The summed E-state index contributed by atoms with van der Waals surface area (Å²) < 4.78 is 59.9. The van der Waals surface area contributed by atoms with Crippen LogP contribution in [0.25, 0.3) is 0 Å². The maximum Gasteiger partial charge on any atom is 0.410 e. The fourth-order valence-electron chi connectivity index (χ4n) is 6.51. The molecule has 224 valence electrons. The van der Waals surface area contributed by atoms with Crippen molar-refractivity contribution in [2.75, 3.05) is 32.8 Å². The molecule has 10 nitrogen and oxygen atoms in total. The highest BCUT2D eigenvalue weighted by atomic mass is 19.4. The SMILES string of the molecule is CC(C)(C)OC(=O)N1CC2(CCC2)[C@H](O)C[C@H]1C(=O)N1CCC(c2noc(C3CCOCC3)n2)(C(F)(F)F)CC1. The Morgan fingerprint density at radius 2 is 1.73 bits per heavy atom. The maximum atomic E-state index is 14.6. The molecule has 4 aliphatic rings. The van der Waals surface area contributed by atoms with Gasteiger partial charge in [0.05, 0.1) is 6.10 Å². The Balaban J connectivity index is 1.33. The van der Waals surface area contributed by atoms with E-state index in [9.17, 15) is 27.9 Å². The molecule has 4 heterocycles. The zero-order valence-electron chi connectivity index (χ0n) is 23.3. The molecule has 0 bridgehead atoms. The lowest BCUT2D eigenvalue weighted by Gasteiger charge is -2.54. The topological polar surface area (TPSA) is 118 Å². The summed E-state index contributed by atoms with van der Waals surface area (Å²) in [6.45, 7) is 5.95. The van der Waals surface area contributed by atoms with Gasteiger partial charge >= 0.3 is 12.3 Å². The number of hydrogen-bond acceptors (Lipinski definition) is 8. The van der Waals surface area contributed by atoms with Gasteiger partial charge in [-0.25, -0.2) is 4.79 Å². The molecule has 5 rings (SSSR count). The van der Waals surface area contributed by atoms with Gasteiger partial charge in [0.15, 0.2) is 5.82 Å². The number of aromatic nitrogens is 2. The van der Waals surface area contributed by atoms with Crippen molar-refractivity contribution < 1.29 is 41.9 Å². The molecule has 3 saturated heterocycles. The van der Waals surface area contributed by atoms with E-state index in [2.05, 4.69) is 10.1 Å². The molecular weight excluding hydrogens is 533 g/mol. The highest BCUT2D eigenvalue weighted by Crippen LogP contribution is 2.50. The molecule has 1 spiro atoms. The lowest BCUT2D eigenvalue weighted by atomic mass is 9.61. The van der Waals surface area contributed by atoms with Crippen LogP contribution in [0, 0.1) is 5.41 Å². The molecule has 1 N–H and O–H groups in total. The zero-order chi connectivity index (χ0) is 28.9. The monoisotopic (exact) mass is 572 g/mol. The number of ether oxygens (including phenoxy) is 2. The molecule has 13 heteroatoms. The molecule has 4 fully saturated rings. The minimum Gasteiger partial charge on any atom is -0.444 e. The average Bonchev–Trinajstić information content (AvgIpc) is 3.37. The molecule has 1 saturated carbocycles. The van der Waals surface area contributed by atoms with Crippen LogP contribution in [0.4, 0.5) is 18.0 Å². The van der Waals surface area contributed by atoms with Crippen LogP contribution in [0.2, 0.25) is 0 Å². The quantitative estimate of drug-likeness (QED) is 0.579. The number of carbonyl (C=O) groups excluding carboxylic acids is 2. The van der Waals surface area contributed by atoms with Crippen LogP contribution in [0.3, 0.4) is 0 Å². The molecule has 40 heavy (non-hydrogen) atoms. The van der Waals surface area contributed by atoms with E-state index in [4.69, 9.17) is 14.0 Å². The number of nitrogens with zero attached hydrogens (tertiary/aromatic N) is 4. The molecule has 0 radical (unpaired) electrons. The van der Waals surface area contributed by atoms with Gasteiger partial charge in [0, 0.05) is 50.6 Å². The molecule has 0 aromatic carbocycles. The standard InChI is InChI=1S/C27H39F3N4O6/c1-24(2,3)39-23(37)34-16-25(7-4-8-25)19(35)15-18(34)21(36)33-11-9-26(10-12-33,27(28,29)30)22-31-20(40-32-22)17-5-13-38-14-6-17/h17-19,35H,4-16H2,1-3H3/t18-,19+/m0/s1. The van der Waals surface area contributed by atoms with Crippen molar-refractivity contribution in [1.82, 2.24) is 19.9 Å². The van der Waals surface area contributed by atoms with E-state index in [-0.39, 0.29) is 37.9 Å². The number of rotatable bonds is 3. The van der Waals surface area contributed by atoms with E-state index in [1.54, 1.807) is 20.8 Å². The van der Waals surface area contributed by atoms with E-state index >= 15 is 0 Å². The Morgan fingerprint density at radius 3 is 2.27 bits per heavy atom. The third-order valence-corrected chi connectivity index (χ3v) is 9.19. The lowest BCUT2D eigenvalue weighted by Crippen LogP contribution is -2.65. The summed E-state index contributed by atoms with van der Waals surface area (Å²) in [6, 6.07) is -1.01. The first-order valence-corrected chi connectivity index (χ1v) is 14.2. The summed E-state index contributed by atoms with van der Waals surface area (Å²) in [5, 5.41) is 14.7. The van der Waals surface area contributed by atoms with Crippen molar-refractivity contribution in [1.29, 1.82) is 0 Å². The van der Waals surface area contributed by atoms with Crippen LogP contribution in [-0.2, 0) is 19.7 Å². The minimum absolute atomic E-state index is 0.0261. The third kappa shape index (κ3) is 5.31. The second-order valence-electron chi connectivity index (χ2n) is 12.8. The number of likely N-dealkylation sites (tertiary alicyclic amines) is 2. The van der Waals surface area contributed by atoms with Crippen molar-refractivity contribution in [2.45, 2.75) is 107 Å². The summed E-state index contributed by atoms with van der Waals surface area (Å²) in [4.78, 5) is 33.8. The predicted octanol–water partition coefficient (Wildman–Crippen LogP) is 3.93. The Labute approximate surface area is 231 Å². The highest BCUT2D eigenvalue weighted by Gasteiger charge is 2.61. The van der Waals surface area contributed by atoms with Gasteiger partial charge in [-0.3, -0.25) is 9.69 Å². The Kier molecular flexibility index (Phi) is 7.60. The summed E-state index contributed by atoms with van der Waals surface area (Å²) in [5.74, 6) is -0.832. The molecule has 2 amide bonds. The van der Waals surface area contributed by atoms with Crippen molar-refractivity contribution in [3.8, 4) is 0 Å². The van der Waals surface area contributed by atoms with Gasteiger partial charge in [-0.2, -0.15) is 18.2 Å². The number of piperidine rings is 2. The fraction of sp³-hybridized carbons (Fsp3) is 0.852. The lowest BCUT2D eigenvalue weighted by molar-refractivity contribution is -0.207. The second kappa shape index (κ2) is 10.5. The zero-order valence-corrected chi connectivity index (χ0v) is 23.3. The maximum absolute atomic E-state index is 14.6. The van der Waals surface area contributed by atoms with Gasteiger partial charge < -0.3 is 24.0 Å². The average molecular weight is 573 g/mol. The van der Waals surface area contributed by atoms with Crippen LogP contribution in [-0.4, -0.2) is 93.8 Å². The normalized spacial score (nSPS) is 27.4. The number of hydrogen-bond donors (Lipinski definition) is 1. The minimum atomic E-state index is -4.65. The predicted molar refractivity (Wildman–Crippen MR) is 134 cm³/mol. The number of aliphatic hydroxyl groups is 1. The van der Waals surface area contributed by atoms with Crippen LogP contribution >= 0.6 is 0 Å². The van der Waals surface area contributed by atoms with E-state index in [1.807, 2.05) is 0 Å². The Hall–Kier alpha value is -2.41. The van der Waals surface area contributed by atoms with Crippen molar-refractivity contribution in [3.05, 3.63) is 11.7 Å². The Bertz CT molecular complexity index is 1080. The molecule has 2 atom stereocenters. The first-order chi connectivity index (χ1) is 18.7. The molecule has 1 aromatic rings. The number of amides is 2.